The standard InChI is InChI=1S/C15H26N4O/c1-12-7-13(2)19(18-12)11-14(3-4-14)8-17-10-15(20)5-6-16-9-15/h7,16-17,20H,3-6,8-11H2,1-2H3/t15-/m0/s1. The fourth-order valence-corrected chi connectivity index (χ4v) is 3.16. The van der Waals surface area contributed by atoms with Crippen LogP contribution < -0.4 is 10.6 Å². The van der Waals surface area contributed by atoms with E-state index in [2.05, 4.69) is 33.4 Å². The molecule has 5 nitrogen and oxygen atoms in total. The maximum atomic E-state index is 10.3. The van der Waals surface area contributed by atoms with Gasteiger partial charge in [0.1, 0.15) is 0 Å². The number of aromatic nitrogens is 2. The van der Waals surface area contributed by atoms with Crippen molar-refractivity contribution in [1.82, 2.24) is 20.4 Å². The first kappa shape index (κ1) is 14.0. The van der Waals surface area contributed by atoms with Crippen LogP contribution in [0.5, 0.6) is 0 Å². The average Bonchev–Trinajstić information content (AvgIpc) is 2.87. The van der Waals surface area contributed by atoms with Crippen LogP contribution in [0.2, 0.25) is 0 Å². The molecule has 1 aromatic heterocycles. The van der Waals surface area contributed by atoms with E-state index in [-0.39, 0.29) is 0 Å². The monoisotopic (exact) mass is 278 g/mol. The van der Waals surface area contributed by atoms with Crippen LogP contribution in [0.3, 0.4) is 0 Å². The van der Waals surface area contributed by atoms with Crippen molar-refractivity contribution >= 4 is 0 Å². The Labute approximate surface area is 120 Å². The number of hydrogen-bond donors (Lipinski definition) is 3. The van der Waals surface area contributed by atoms with Crippen molar-refractivity contribution in [3.8, 4) is 0 Å². The van der Waals surface area contributed by atoms with Crippen LogP contribution in [0.25, 0.3) is 0 Å². The van der Waals surface area contributed by atoms with Gasteiger partial charge in [-0.2, -0.15) is 5.10 Å². The number of aliphatic hydroxyl groups is 1. The second kappa shape index (κ2) is 5.13. The van der Waals surface area contributed by atoms with E-state index in [1.54, 1.807) is 0 Å². The summed E-state index contributed by atoms with van der Waals surface area (Å²) in [4.78, 5) is 0. The first-order chi connectivity index (χ1) is 9.50. The van der Waals surface area contributed by atoms with Crippen molar-refractivity contribution in [1.29, 1.82) is 0 Å². The Morgan fingerprint density at radius 1 is 1.35 bits per heavy atom. The Balaban J connectivity index is 1.51. The molecular weight excluding hydrogens is 252 g/mol. The zero-order valence-electron chi connectivity index (χ0n) is 12.6. The highest BCUT2D eigenvalue weighted by molar-refractivity contribution is 5.08. The molecule has 2 fully saturated rings. The lowest BCUT2D eigenvalue weighted by molar-refractivity contribution is 0.0595. The quantitative estimate of drug-likeness (QED) is 0.713. The molecule has 2 aliphatic rings. The third-order valence-corrected chi connectivity index (χ3v) is 4.72. The zero-order chi connectivity index (χ0) is 14.2. The highest BCUT2D eigenvalue weighted by Crippen LogP contribution is 2.46. The summed E-state index contributed by atoms with van der Waals surface area (Å²) in [7, 11) is 0. The third kappa shape index (κ3) is 3.05. The van der Waals surface area contributed by atoms with E-state index >= 15 is 0 Å². The topological polar surface area (TPSA) is 62.1 Å². The van der Waals surface area contributed by atoms with Crippen LogP contribution in [0.4, 0.5) is 0 Å². The molecule has 112 valence electrons. The van der Waals surface area contributed by atoms with E-state index in [9.17, 15) is 5.11 Å². The molecule has 0 radical (unpaired) electrons. The minimum atomic E-state index is -0.547. The van der Waals surface area contributed by atoms with Gasteiger partial charge in [0.2, 0.25) is 0 Å². The molecule has 2 heterocycles. The second-order valence-corrected chi connectivity index (χ2v) is 6.84. The van der Waals surface area contributed by atoms with Crippen LogP contribution in [-0.2, 0) is 6.54 Å². The largest absolute Gasteiger partial charge is 0.387 e. The lowest BCUT2D eigenvalue weighted by Gasteiger charge is -2.24. The summed E-state index contributed by atoms with van der Waals surface area (Å²) >= 11 is 0. The van der Waals surface area contributed by atoms with Gasteiger partial charge in [-0.1, -0.05) is 0 Å². The van der Waals surface area contributed by atoms with Crippen LogP contribution in [0.1, 0.15) is 30.7 Å². The van der Waals surface area contributed by atoms with Crippen molar-refractivity contribution in [3.63, 3.8) is 0 Å². The smallest absolute Gasteiger partial charge is 0.0907 e. The molecule has 1 aliphatic heterocycles. The number of nitrogens with zero attached hydrogens (tertiary/aromatic N) is 2. The maximum absolute atomic E-state index is 10.3. The van der Waals surface area contributed by atoms with Gasteiger partial charge in [0.15, 0.2) is 0 Å². The minimum Gasteiger partial charge on any atom is -0.387 e. The Morgan fingerprint density at radius 3 is 2.70 bits per heavy atom. The Bertz CT molecular complexity index is 472. The van der Waals surface area contributed by atoms with Crippen LogP contribution >= 0.6 is 0 Å². The summed E-state index contributed by atoms with van der Waals surface area (Å²) in [6.45, 7) is 8.47. The first-order valence-corrected chi connectivity index (χ1v) is 7.65. The van der Waals surface area contributed by atoms with E-state index in [4.69, 9.17) is 0 Å². The second-order valence-electron chi connectivity index (χ2n) is 6.84. The molecule has 20 heavy (non-hydrogen) atoms. The summed E-state index contributed by atoms with van der Waals surface area (Å²) in [5.74, 6) is 0. The number of hydrogen-bond acceptors (Lipinski definition) is 4. The van der Waals surface area contributed by atoms with Crippen LogP contribution in [0.15, 0.2) is 6.07 Å². The highest BCUT2D eigenvalue weighted by Gasteiger charge is 2.43. The summed E-state index contributed by atoms with van der Waals surface area (Å²) in [5, 5.41) is 21.6. The lowest BCUT2D eigenvalue weighted by Crippen LogP contribution is -2.44. The molecule has 1 saturated heterocycles. The Morgan fingerprint density at radius 2 is 2.15 bits per heavy atom. The van der Waals surface area contributed by atoms with Gasteiger partial charge in [0, 0.05) is 37.3 Å². The van der Waals surface area contributed by atoms with Crippen molar-refractivity contribution in [3.05, 3.63) is 17.5 Å². The van der Waals surface area contributed by atoms with E-state index < -0.39 is 5.60 Å². The highest BCUT2D eigenvalue weighted by atomic mass is 16.3. The molecule has 0 aromatic carbocycles. The van der Waals surface area contributed by atoms with Crippen molar-refractivity contribution in [2.45, 2.75) is 45.3 Å². The number of rotatable bonds is 6. The number of β-amino-alcohol motifs (C(OH)–C–C–N with tert-alkyl or cyclic N) is 1. The number of nitrogens with one attached hydrogen (secondary N) is 2. The molecule has 0 spiro atoms. The number of aryl methyl sites for hydroxylation is 2. The predicted octanol–water partition coefficient (Wildman–Crippen LogP) is 0.594. The van der Waals surface area contributed by atoms with Crippen molar-refractivity contribution in [2.24, 2.45) is 5.41 Å². The lowest BCUT2D eigenvalue weighted by atomic mass is 10.0. The molecule has 1 aromatic rings. The van der Waals surface area contributed by atoms with Gasteiger partial charge in [0.25, 0.3) is 0 Å². The average molecular weight is 278 g/mol. The molecule has 3 rings (SSSR count). The van der Waals surface area contributed by atoms with Crippen LogP contribution in [0, 0.1) is 19.3 Å². The van der Waals surface area contributed by atoms with Gasteiger partial charge in [-0.25, -0.2) is 0 Å². The molecule has 3 N–H and O–H groups in total. The molecule has 0 amide bonds. The molecule has 1 saturated carbocycles. The molecule has 5 heteroatoms. The molecule has 1 aliphatic carbocycles. The normalized spacial score (nSPS) is 27.9. The predicted molar refractivity (Wildman–Crippen MR) is 78.7 cm³/mol. The molecule has 1 atom stereocenters. The van der Waals surface area contributed by atoms with Gasteiger partial charge in [-0.3, -0.25) is 4.68 Å². The molecule has 0 bridgehead atoms. The molecule has 0 unspecified atom stereocenters. The molecular formula is C15H26N4O. The van der Waals surface area contributed by atoms with Gasteiger partial charge in [-0.15, -0.1) is 0 Å². The summed E-state index contributed by atoms with van der Waals surface area (Å²) in [6, 6.07) is 2.14. The summed E-state index contributed by atoms with van der Waals surface area (Å²) in [6.07, 6.45) is 3.37. The fraction of sp³-hybridized carbons (Fsp3) is 0.800. The SMILES string of the molecule is Cc1cc(C)n(CC2(CNC[C@]3(O)CCNC3)CC2)n1. The third-order valence-electron chi connectivity index (χ3n) is 4.72. The van der Waals surface area contributed by atoms with Gasteiger partial charge >= 0.3 is 0 Å². The van der Waals surface area contributed by atoms with Gasteiger partial charge < -0.3 is 15.7 Å². The van der Waals surface area contributed by atoms with Gasteiger partial charge in [0.05, 0.1) is 11.3 Å². The zero-order valence-corrected chi connectivity index (χ0v) is 12.6. The first-order valence-electron chi connectivity index (χ1n) is 7.65. The Hall–Kier alpha value is -0.910. The van der Waals surface area contributed by atoms with Crippen molar-refractivity contribution in [2.75, 3.05) is 26.2 Å². The maximum Gasteiger partial charge on any atom is 0.0907 e. The van der Waals surface area contributed by atoms with Crippen LogP contribution in [-0.4, -0.2) is 46.7 Å². The minimum absolute atomic E-state index is 0.353. The van der Waals surface area contributed by atoms with E-state index in [1.807, 2.05) is 6.92 Å². The van der Waals surface area contributed by atoms with Gasteiger partial charge in [-0.05, 0) is 45.7 Å². The Kier molecular flexibility index (Phi) is 3.60. The summed E-state index contributed by atoms with van der Waals surface area (Å²) < 4.78 is 2.13. The van der Waals surface area contributed by atoms with Crippen molar-refractivity contribution < 1.29 is 5.11 Å². The van der Waals surface area contributed by atoms with E-state index in [1.165, 1.54) is 18.5 Å². The summed E-state index contributed by atoms with van der Waals surface area (Å²) in [5.41, 5.74) is 2.14. The van der Waals surface area contributed by atoms with E-state index in [0.717, 1.165) is 31.7 Å². The van der Waals surface area contributed by atoms with E-state index in [0.29, 0.717) is 18.5 Å². The fourth-order valence-electron chi connectivity index (χ4n) is 3.16.